The molecule has 14 heavy (non-hydrogen) atoms. The van der Waals surface area contributed by atoms with E-state index in [1.807, 2.05) is 6.92 Å². The second kappa shape index (κ2) is 3.27. The molecule has 0 bridgehead atoms. The lowest BCUT2D eigenvalue weighted by Gasteiger charge is -1.95. The van der Waals surface area contributed by atoms with E-state index in [0.29, 0.717) is 16.8 Å². The van der Waals surface area contributed by atoms with E-state index in [1.54, 1.807) is 5.38 Å². The first-order valence-electron chi connectivity index (χ1n) is 3.87. The van der Waals surface area contributed by atoms with Gasteiger partial charge in [-0.1, -0.05) is 18.3 Å². The maximum absolute atomic E-state index is 11.0. The van der Waals surface area contributed by atoms with Crippen molar-refractivity contribution in [1.82, 2.24) is 4.37 Å². The van der Waals surface area contributed by atoms with E-state index in [9.17, 15) is 8.42 Å². The Bertz CT molecular complexity index is 566. The van der Waals surface area contributed by atoms with Gasteiger partial charge in [0.2, 0.25) is 0 Å². The van der Waals surface area contributed by atoms with Crippen molar-refractivity contribution in [3.8, 4) is 0 Å². The van der Waals surface area contributed by atoms with Crippen molar-refractivity contribution >= 4 is 43.2 Å². The molecule has 2 rings (SSSR count). The highest BCUT2D eigenvalue weighted by molar-refractivity contribution is 7.88. The van der Waals surface area contributed by atoms with Crippen LogP contribution in [0.4, 0.5) is 0 Å². The van der Waals surface area contributed by atoms with Gasteiger partial charge in [-0.25, -0.2) is 0 Å². The van der Waals surface area contributed by atoms with Crippen molar-refractivity contribution in [3.63, 3.8) is 0 Å². The summed E-state index contributed by atoms with van der Waals surface area (Å²) in [4.78, 5) is 0.680. The fourth-order valence-corrected chi connectivity index (χ4v) is 4.33. The monoisotopic (exact) mass is 249 g/mol. The standard InChI is InChI=1S/C7H7NO3S3/c1-2-4-5-3-12-8-6(5)13-7(4)14(9,10)11/h3H,2H2,1H3,(H,9,10,11). The van der Waals surface area contributed by atoms with Gasteiger partial charge in [0.25, 0.3) is 0 Å². The first-order valence-corrected chi connectivity index (χ1v) is 6.96. The molecule has 2 aromatic heterocycles. The molecule has 0 amide bonds. The van der Waals surface area contributed by atoms with Crippen molar-refractivity contribution in [2.24, 2.45) is 0 Å². The molecule has 0 saturated carbocycles. The van der Waals surface area contributed by atoms with E-state index in [2.05, 4.69) is 4.37 Å². The zero-order chi connectivity index (χ0) is 10.3. The molecule has 0 atom stereocenters. The Balaban J connectivity index is 2.83. The number of rotatable bonds is 2. The van der Waals surface area contributed by atoms with Crippen LogP contribution in [0.5, 0.6) is 0 Å². The summed E-state index contributed by atoms with van der Waals surface area (Å²) in [6.45, 7) is 1.86. The maximum Gasteiger partial charge on any atom is 0.304 e. The molecule has 0 spiro atoms. The number of thiophene rings is 1. The molecule has 4 nitrogen and oxygen atoms in total. The van der Waals surface area contributed by atoms with E-state index in [1.165, 1.54) is 11.5 Å². The summed E-state index contributed by atoms with van der Waals surface area (Å²) < 4.78 is 35.1. The predicted molar refractivity (Wildman–Crippen MR) is 56.7 cm³/mol. The Morgan fingerprint density at radius 1 is 1.57 bits per heavy atom. The van der Waals surface area contributed by atoms with Crippen molar-refractivity contribution in [3.05, 3.63) is 10.9 Å². The van der Waals surface area contributed by atoms with E-state index < -0.39 is 10.1 Å². The quantitative estimate of drug-likeness (QED) is 0.828. The second-order valence-corrected chi connectivity index (χ2v) is 5.98. The molecule has 0 aliphatic carbocycles. The summed E-state index contributed by atoms with van der Waals surface area (Å²) in [5.41, 5.74) is 0.668. The van der Waals surface area contributed by atoms with Crippen LogP contribution in [-0.2, 0) is 16.5 Å². The molecule has 7 heteroatoms. The lowest BCUT2D eigenvalue weighted by molar-refractivity contribution is 0.485. The van der Waals surface area contributed by atoms with Crippen LogP contribution >= 0.6 is 22.9 Å². The average Bonchev–Trinajstić information content (AvgIpc) is 2.58. The van der Waals surface area contributed by atoms with Gasteiger partial charge >= 0.3 is 10.1 Å². The van der Waals surface area contributed by atoms with Crippen molar-refractivity contribution in [2.75, 3.05) is 0 Å². The lowest BCUT2D eigenvalue weighted by atomic mass is 10.2. The van der Waals surface area contributed by atoms with Gasteiger partial charge in [0, 0.05) is 10.8 Å². The highest BCUT2D eigenvalue weighted by Crippen LogP contribution is 2.35. The van der Waals surface area contributed by atoms with Crippen LogP contribution in [0.25, 0.3) is 10.2 Å². The molecule has 1 N–H and O–H groups in total. The predicted octanol–water partition coefficient (Wildman–Crippen LogP) is 2.17. The Morgan fingerprint density at radius 2 is 2.29 bits per heavy atom. The average molecular weight is 249 g/mol. The highest BCUT2D eigenvalue weighted by Gasteiger charge is 2.21. The van der Waals surface area contributed by atoms with Gasteiger partial charge in [-0.15, -0.1) is 0 Å². The molecule has 0 aliphatic heterocycles. The van der Waals surface area contributed by atoms with Crippen LogP contribution in [0.1, 0.15) is 12.5 Å². The Morgan fingerprint density at radius 3 is 2.86 bits per heavy atom. The molecule has 0 unspecified atom stereocenters. The SMILES string of the molecule is CCc1c(S(=O)(=O)O)sc2nscc12. The van der Waals surface area contributed by atoms with E-state index in [-0.39, 0.29) is 4.21 Å². The van der Waals surface area contributed by atoms with Crippen LogP contribution in [-0.4, -0.2) is 17.3 Å². The van der Waals surface area contributed by atoms with Gasteiger partial charge in [-0.05, 0) is 23.5 Å². The normalized spacial score (nSPS) is 12.4. The number of hydrogen-bond acceptors (Lipinski definition) is 5. The van der Waals surface area contributed by atoms with Crippen LogP contribution < -0.4 is 0 Å². The smallest absolute Gasteiger partial charge is 0.281 e. The Kier molecular flexibility index (Phi) is 2.34. The molecule has 0 aliphatic rings. The molecule has 2 heterocycles. The van der Waals surface area contributed by atoms with Crippen LogP contribution in [0.3, 0.4) is 0 Å². The van der Waals surface area contributed by atoms with Crippen molar-refractivity contribution in [2.45, 2.75) is 17.6 Å². The Hall–Kier alpha value is -0.500. The molecular formula is C7H7NO3S3. The first-order chi connectivity index (χ1) is 6.54. The summed E-state index contributed by atoms with van der Waals surface area (Å²) in [5, 5.41) is 2.65. The number of aromatic nitrogens is 1. The first kappa shape index (κ1) is 10.0. The number of fused-ring (bicyclic) bond motifs is 1. The lowest BCUT2D eigenvalue weighted by Crippen LogP contribution is -1.98. The zero-order valence-electron chi connectivity index (χ0n) is 7.22. The fraction of sp³-hybridized carbons (Fsp3) is 0.286. The van der Waals surface area contributed by atoms with Crippen LogP contribution in [0, 0.1) is 0 Å². The van der Waals surface area contributed by atoms with Crippen molar-refractivity contribution < 1.29 is 13.0 Å². The van der Waals surface area contributed by atoms with E-state index in [4.69, 9.17) is 4.55 Å². The molecule has 0 saturated heterocycles. The van der Waals surface area contributed by atoms with Gasteiger partial charge in [0.1, 0.15) is 4.83 Å². The molecule has 0 aromatic carbocycles. The third-order valence-electron chi connectivity index (χ3n) is 1.89. The second-order valence-electron chi connectivity index (χ2n) is 2.73. The van der Waals surface area contributed by atoms with Gasteiger partial charge < -0.3 is 0 Å². The zero-order valence-corrected chi connectivity index (χ0v) is 9.67. The van der Waals surface area contributed by atoms with Gasteiger partial charge in [0.05, 0.1) is 0 Å². The number of nitrogens with zero attached hydrogens (tertiary/aromatic N) is 1. The molecular weight excluding hydrogens is 242 g/mol. The number of hydrogen-bond donors (Lipinski definition) is 1. The fourth-order valence-electron chi connectivity index (χ4n) is 1.30. The van der Waals surface area contributed by atoms with Crippen LogP contribution in [0.2, 0.25) is 0 Å². The van der Waals surface area contributed by atoms with E-state index in [0.717, 1.165) is 16.7 Å². The molecule has 76 valence electrons. The molecule has 2 aromatic rings. The maximum atomic E-state index is 11.0. The van der Waals surface area contributed by atoms with Gasteiger partial charge in [-0.3, -0.25) is 4.55 Å². The van der Waals surface area contributed by atoms with Gasteiger partial charge in [0.15, 0.2) is 4.21 Å². The molecule has 0 radical (unpaired) electrons. The highest BCUT2D eigenvalue weighted by atomic mass is 32.3. The minimum atomic E-state index is -4.09. The Labute approximate surface area is 89.1 Å². The van der Waals surface area contributed by atoms with Gasteiger partial charge in [-0.2, -0.15) is 12.8 Å². The third kappa shape index (κ3) is 1.46. The number of aryl methyl sites for hydroxylation is 1. The summed E-state index contributed by atoms with van der Waals surface area (Å²) in [5.74, 6) is 0. The minimum absolute atomic E-state index is 0.0327. The minimum Gasteiger partial charge on any atom is -0.281 e. The largest absolute Gasteiger partial charge is 0.304 e. The summed E-state index contributed by atoms with van der Waals surface area (Å²) in [6.07, 6.45) is 0.577. The van der Waals surface area contributed by atoms with Crippen molar-refractivity contribution in [1.29, 1.82) is 0 Å². The topological polar surface area (TPSA) is 67.3 Å². The molecule has 0 fully saturated rings. The van der Waals surface area contributed by atoms with E-state index >= 15 is 0 Å². The van der Waals surface area contributed by atoms with Crippen LogP contribution in [0.15, 0.2) is 9.59 Å². The third-order valence-corrected chi connectivity index (χ3v) is 5.16. The summed E-state index contributed by atoms with van der Waals surface area (Å²) >= 11 is 2.32. The summed E-state index contributed by atoms with van der Waals surface area (Å²) in [6, 6.07) is 0. The summed E-state index contributed by atoms with van der Waals surface area (Å²) in [7, 11) is -4.09.